The molecular formula is C20H26O6. The normalized spacial score (nSPS) is 21.5. The van der Waals surface area contributed by atoms with Crippen molar-refractivity contribution in [1.29, 1.82) is 0 Å². The zero-order valence-corrected chi connectivity index (χ0v) is 15.5. The Labute approximate surface area is 153 Å². The van der Waals surface area contributed by atoms with Crippen molar-refractivity contribution in [2.45, 2.75) is 45.1 Å². The molecule has 0 amide bonds. The molecule has 1 saturated carbocycles. The molecule has 0 radical (unpaired) electrons. The van der Waals surface area contributed by atoms with E-state index in [1.165, 1.54) is 21.0 Å². The predicted octanol–water partition coefficient (Wildman–Crippen LogP) is 2.85. The van der Waals surface area contributed by atoms with Crippen LogP contribution in [0.5, 0.6) is 0 Å². The second-order valence-electron chi connectivity index (χ2n) is 6.65. The van der Waals surface area contributed by atoms with Crippen LogP contribution in [-0.2, 0) is 28.6 Å². The molecule has 2 rings (SSSR count). The molecule has 1 aromatic rings. The molecule has 0 saturated heterocycles. The number of benzene rings is 1. The number of carbonyl (C=O) groups excluding carboxylic acids is 3. The van der Waals surface area contributed by atoms with Crippen LogP contribution < -0.4 is 0 Å². The number of hydrogen-bond acceptors (Lipinski definition) is 6. The molecule has 6 heteroatoms. The van der Waals surface area contributed by atoms with Gasteiger partial charge < -0.3 is 14.2 Å². The van der Waals surface area contributed by atoms with E-state index in [4.69, 9.17) is 14.2 Å². The molecule has 0 heterocycles. The van der Waals surface area contributed by atoms with Crippen LogP contribution in [-0.4, -0.2) is 37.7 Å². The fourth-order valence-electron chi connectivity index (χ4n) is 3.85. The third kappa shape index (κ3) is 5.07. The Hall–Kier alpha value is -2.37. The lowest BCUT2D eigenvalue weighted by atomic mass is 9.76. The fourth-order valence-corrected chi connectivity index (χ4v) is 3.85. The summed E-state index contributed by atoms with van der Waals surface area (Å²) >= 11 is 0. The summed E-state index contributed by atoms with van der Waals surface area (Å²) in [4.78, 5) is 35.2. The first-order valence-electron chi connectivity index (χ1n) is 8.87. The summed E-state index contributed by atoms with van der Waals surface area (Å²) in [5, 5.41) is 0. The van der Waals surface area contributed by atoms with Gasteiger partial charge >= 0.3 is 17.9 Å². The predicted molar refractivity (Wildman–Crippen MR) is 94.2 cm³/mol. The highest BCUT2D eigenvalue weighted by Gasteiger charge is 2.44. The topological polar surface area (TPSA) is 78.9 Å². The molecule has 1 aromatic carbocycles. The Morgan fingerprint density at radius 3 is 2.35 bits per heavy atom. The van der Waals surface area contributed by atoms with Gasteiger partial charge in [-0.3, -0.25) is 9.59 Å². The van der Waals surface area contributed by atoms with Gasteiger partial charge in [-0.1, -0.05) is 36.8 Å². The summed E-state index contributed by atoms with van der Waals surface area (Å²) in [7, 11) is 1.28. The quantitative estimate of drug-likeness (QED) is 0.548. The van der Waals surface area contributed by atoms with Gasteiger partial charge in [0.25, 0.3) is 0 Å². The van der Waals surface area contributed by atoms with Gasteiger partial charge in [0.15, 0.2) is 0 Å². The first-order valence-corrected chi connectivity index (χ1v) is 8.87. The average molecular weight is 362 g/mol. The Balaban J connectivity index is 2.37. The minimum atomic E-state index is -1.03. The van der Waals surface area contributed by atoms with Gasteiger partial charge in [0.2, 0.25) is 6.10 Å². The number of esters is 3. The maximum Gasteiger partial charge on any atom is 0.347 e. The van der Waals surface area contributed by atoms with E-state index in [1.54, 1.807) is 0 Å². The third-order valence-corrected chi connectivity index (χ3v) is 4.92. The molecule has 0 spiro atoms. The SMILES string of the molecule is COC(=O)C(OC(C)=O)C(c1ccccc1)C1CCCC1COC(C)=O. The highest BCUT2D eigenvalue weighted by atomic mass is 16.6. The highest BCUT2D eigenvalue weighted by Crippen LogP contribution is 2.44. The van der Waals surface area contributed by atoms with E-state index in [2.05, 4.69) is 0 Å². The number of hydrogen-bond donors (Lipinski definition) is 0. The molecule has 0 aliphatic heterocycles. The van der Waals surface area contributed by atoms with Gasteiger partial charge in [-0.05, 0) is 30.2 Å². The van der Waals surface area contributed by atoms with Crippen LogP contribution in [0.4, 0.5) is 0 Å². The van der Waals surface area contributed by atoms with Crippen molar-refractivity contribution in [2.75, 3.05) is 13.7 Å². The molecular weight excluding hydrogens is 336 g/mol. The van der Waals surface area contributed by atoms with Gasteiger partial charge in [0.1, 0.15) is 0 Å². The Bertz CT molecular complexity index is 626. The van der Waals surface area contributed by atoms with E-state index in [1.807, 2.05) is 30.3 Å². The van der Waals surface area contributed by atoms with Crippen molar-refractivity contribution in [1.82, 2.24) is 0 Å². The standard InChI is InChI=1S/C20H26O6/c1-13(21)25-12-16-10-7-11-17(16)18(15-8-5-4-6-9-15)19(20(23)24-3)26-14(2)22/h4-6,8-9,16-19H,7,10-12H2,1-3H3. The first kappa shape index (κ1) is 19.9. The van der Waals surface area contributed by atoms with E-state index < -0.39 is 18.0 Å². The minimum Gasteiger partial charge on any atom is -0.466 e. The van der Waals surface area contributed by atoms with E-state index in [9.17, 15) is 14.4 Å². The summed E-state index contributed by atoms with van der Waals surface area (Å²) in [6, 6.07) is 9.52. The third-order valence-electron chi connectivity index (χ3n) is 4.92. The smallest absolute Gasteiger partial charge is 0.347 e. The van der Waals surface area contributed by atoms with Gasteiger partial charge in [0, 0.05) is 19.8 Å². The molecule has 26 heavy (non-hydrogen) atoms. The van der Waals surface area contributed by atoms with Gasteiger partial charge in [-0.25, -0.2) is 4.79 Å². The number of rotatable bonds is 7. The monoisotopic (exact) mass is 362 g/mol. The summed E-state index contributed by atoms with van der Waals surface area (Å²) in [6.07, 6.45) is 1.70. The summed E-state index contributed by atoms with van der Waals surface area (Å²) in [5.74, 6) is -1.64. The van der Waals surface area contributed by atoms with E-state index in [-0.39, 0.29) is 23.7 Å². The lowest BCUT2D eigenvalue weighted by molar-refractivity contribution is -0.168. The Morgan fingerprint density at radius 2 is 1.77 bits per heavy atom. The van der Waals surface area contributed by atoms with Gasteiger partial charge in [-0.15, -0.1) is 0 Å². The van der Waals surface area contributed by atoms with Crippen LogP contribution in [0.25, 0.3) is 0 Å². The van der Waals surface area contributed by atoms with Crippen molar-refractivity contribution in [2.24, 2.45) is 11.8 Å². The van der Waals surface area contributed by atoms with Crippen LogP contribution in [0.1, 0.15) is 44.6 Å². The van der Waals surface area contributed by atoms with E-state index in [0.717, 1.165) is 24.8 Å². The van der Waals surface area contributed by atoms with Crippen LogP contribution >= 0.6 is 0 Å². The zero-order chi connectivity index (χ0) is 19.1. The van der Waals surface area contributed by atoms with Crippen molar-refractivity contribution in [3.05, 3.63) is 35.9 Å². The molecule has 142 valence electrons. The fraction of sp³-hybridized carbons (Fsp3) is 0.550. The van der Waals surface area contributed by atoms with Gasteiger partial charge in [-0.2, -0.15) is 0 Å². The largest absolute Gasteiger partial charge is 0.466 e. The summed E-state index contributed by atoms with van der Waals surface area (Å²) < 4.78 is 15.5. The van der Waals surface area contributed by atoms with Crippen LogP contribution in [0, 0.1) is 11.8 Å². The van der Waals surface area contributed by atoms with Crippen molar-refractivity contribution < 1.29 is 28.6 Å². The molecule has 6 nitrogen and oxygen atoms in total. The van der Waals surface area contributed by atoms with Crippen LogP contribution in [0.2, 0.25) is 0 Å². The van der Waals surface area contributed by atoms with E-state index in [0.29, 0.717) is 6.61 Å². The summed E-state index contributed by atoms with van der Waals surface area (Å²) in [5.41, 5.74) is 0.906. The number of ether oxygens (including phenoxy) is 3. The number of carbonyl (C=O) groups is 3. The van der Waals surface area contributed by atoms with Crippen LogP contribution in [0.15, 0.2) is 30.3 Å². The van der Waals surface area contributed by atoms with Crippen molar-refractivity contribution in [3.63, 3.8) is 0 Å². The lowest BCUT2D eigenvalue weighted by Gasteiger charge is -2.33. The molecule has 0 aromatic heterocycles. The first-order chi connectivity index (χ1) is 12.4. The molecule has 4 atom stereocenters. The van der Waals surface area contributed by atoms with Gasteiger partial charge in [0.05, 0.1) is 13.7 Å². The van der Waals surface area contributed by atoms with Crippen molar-refractivity contribution in [3.8, 4) is 0 Å². The maximum absolute atomic E-state index is 12.4. The lowest BCUT2D eigenvalue weighted by Crippen LogP contribution is -2.39. The molecule has 1 aliphatic carbocycles. The summed E-state index contributed by atoms with van der Waals surface area (Å²) in [6.45, 7) is 2.97. The van der Waals surface area contributed by atoms with Crippen molar-refractivity contribution >= 4 is 17.9 Å². The molecule has 1 aliphatic rings. The zero-order valence-electron chi connectivity index (χ0n) is 15.5. The maximum atomic E-state index is 12.4. The molecule has 0 N–H and O–H groups in total. The minimum absolute atomic E-state index is 0.0419. The van der Waals surface area contributed by atoms with E-state index >= 15 is 0 Å². The second-order valence-corrected chi connectivity index (χ2v) is 6.65. The molecule has 1 fully saturated rings. The Morgan fingerprint density at radius 1 is 1.08 bits per heavy atom. The highest BCUT2D eigenvalue weighted by molar-refractivity contribution is 5.79. The molecule has 0 bridgehead atoms. The second kappa shape index (κ2) is 9.36. The molecule has 4 unspecified atom stereocenters. The average Bonchev–Trinajstić information content (AvgIpc) is 3.07. The Kier molecular flexibility index (Phi) is 7.18. The number of methoxy groups -OCH3 is 1. The van der Waals surface area contributed by atoms with Crippen LogP contribution in [0.3, 0.4) is 0 Å².